The van der Waals surface area contributed by atoms with Crippen molar-refractivity contribution in [2.75, 3.05) is 0 Å². The lowest BCUT2D eigenvalue weighted by atomic mass is 10.0. The van der Waals surface area contributed by atoms with E-state index < -0.39 is 0 Å². The Kier molecular flexibility index (Phi) is 3.07. The molecule has 16 heavy (non-hydrogen) atoms. The van der Waals surface area contributed by atoms with Gasteiger partial charge in [0.25, 0.3) is 0 Å². The summed E-state index contributed by atoms with van der Waals surface area (Å²) in [7, 11) is 0. The van der Waals surface area contributed by atoms with Crippen LogP contribution in [0.15, 0.2) is 27.2 Å². The minimum Gasteiger partial charge on any atom is -0.340 e. The number of nitrogens with two attached hydrogens (primary N) is 1. The molecule has 0 saturated heterocycles. The summed E-state index contributed by atoms with van der Waals surface area (Å²) in [6.45, 7) is 3.76. The van der Waals surface area contributed by atoms with Crippen LogP contribution in [0, 0.1) is 13.8 Å². The first-order valence-electron chi connectivity index (χ1n) is 4.90. The van der Waals surface area contributed by atoms with Crippen LogP contribution in [0.25, 0.3) is 0 Å². The van der Waals surface area contributed by atoms with Crippen molar-refractivity contribution < 1.29 is 4.52 Å². The van der Waals surface area contributed by atoms with Gasteiger partial charge in [0.1, 0.15) is 0 Å². The van der Waals surface area contributed by atoms with E-state index in [9.17, 15) is 0 Å². The minimum atomic E-state index is -0.343. The molecule has 1 atom stereocenters. The third-order valence-corrected chi connectivity index (χ3v) is 3.25. The fourth-order valence-corrected chi connectivity index (χ4v) is 1.70. The van der Waals surface area contributed by atoms with Crippen molar-refractivity contribution in [1.82, 2.24) is 10.1 Å². The highest BCUT2D eigenvalue weighted by Gasteiger charge is 2.15. The zero-order chi connectivity index (χ0) is 11.7. The first-order valence-corrected chi connectivity index (χ1v) is 5.69. The maximum atomic E-state index is 6.05. The van der Waals surface area contributed by atoms with Gasteiger partial charge in [0.05, 0.1) is 6.04 Å². The van der Waals surface area contributed by atoms with E-state index in [-0.39, 0.29) is 6.04 Å². The molecule has 2 rings (SSSR count). The van der Waals surface area contributed by atoms with Crippen molar-refractivity contribution in [2.45, 2.75) is 19.9 Å². The number of benzene rings is 1. The molecular formula is C11H12BrN3O. The largest absolute Gasteiger partial charge is 0.340 e. The Labute approximate surface area is 102 Å². The van der Waals surface area contributed by atoms with E-state index in [0.717, 1.165) is 15.6 Å². The van der Waals surface area contributed by atoms with Gasteiger partial charge in [-0.25, -0.2) is 0 Å². The number of rotatable bonds is 2. The predicted octanol–water partition coefficient (Wildman–Crippen LogP) is 2.50. The number of aryl methyl sites for hydroxylation is 2. The molecule has 0 aliphatic heterocycles. The van der Waals surface area contributed by atoms with Gasteiger partial charge in [-0.05, 0) is 24.1 Å². The van der Waals surface area contributed by atoms with Crippen molar-refractivity contribution in [2.24, 2.45) is 5.73 Å². The van der Waals surface area contributed by atoms with Gasteiger partial charge in [0.2, 0.25) is 5.89 Å². The fraction of sp³-hybridized carbons (Fsp3) is 0.273. The smallest absolute Gasteiger partial charge is 0.223 e. The molecule has 84 valence electrons. The monoisotopic (exact) mass is 281 g/mol. The average molecular weight is 282 g/mol. The molecule has 1 unspecified atom stereocenters. The molecule has 4 nitrogen and oxygen atoms in total. The SMILES string of the molecule is Cc1nc(C(N)c2ccc(Br)c(C)c2)no1. The molecule has 0 amide bonds. The van der Waals surface area contributed by atoms with Crippen molar-refractivity contribution in [1.29, 1.82) is 0 Å². The summed E-state index contributed by atoms with van der Waals surface area (Å²) in [6, 6.07) is 5.59. The lowest BCUT2D eigenvalue weighted by Gasteiger charge is -2.09. The molecule has 2 aromatic rings. The first kappa shape index (κ1) is 11.3. The maximum absolute atomic E-state index is 6.05. The van der Waals surface area contributed by atoms with Gasteiger partial charge in [0.15, 0.2) is 5.82 Å². The Bertz CT molecular complexity index is 510. The average Bonchev–Trinajstić information content (AvgIpc) is 2.68. The second-order valence-electron chi connectivity index (χ2n) is 3.66. The van der Waals surface area contributed by atoms with Gasteiger partial charge in [0, 0.05) is 11.4 Å². The van der Waals surface area contributed by atoms with Gasteiger partial charge < -0.3 is 10.3 Å². The molecule has 2 N–H and O–H groups in total. The molecule has 0 fully saturated rings. The summed E-state index contributed by atoms with van der Waals surface area (Å²) >= 11 is 3.45. The van der Waals surface area contributed by atoms with Gasteiger partial charge >= 0.3 is 0 Å². The zero-order valence-corrected chi connectivity index (χ0v) is 10.7. The van der Waals surface area contributed by atoms with Crippen LogP contribution in [0.4, 0.5) is 0 Å². The standard InChI is InChI=1S/C11H12BrN3O/c1-6-5-8(3-4-9(6)12)10(13)11-14-7(2)16-15-11/h3-5,10H,13H2,1-2H3. The number of hydrogen-bond donors (Lipinski definition) is 1. The van der Waals surface area contributed by atoms with Crippen molar-refractivity contribution in [3.8, 4) is 0 Å². The van der Waals surface area contributed by atoms with Crippen LogP contribution in [-0.4, -0.2) is 10.1 Å². The van der Waals surface area contributed by atoms with E-state index in [1.165, 1.54) is 0 Å². The molecule has 5 heteroatoms. The molecular weight excluding hydrogens is 270 g/mol. The minimum absolute atomic E-state index is 0.343. The van der Waals surface area contributed by atoms with Crippen LogP contribution in [-0.2, 0) is 0 Å². The van der Waals surface area contributed by atoms with E-state index in [1.807, 2.05) is 25.1 Å². The van der Waals surface area contributed by atoms with Gasteiger partial charge in [-0.2, -0.15) is 4.98 Å². The van der Waals surface area contributed by atoms with Crippen LogP contribution in [0.1, 0.15) is 28.9 Å². The van der Waals surface area contributed by atoms with Crippen LogP contribution in [0.2, 0.25) is 0 Å². The Morgan fingerprint density at radius 2 is 2.12 bits per heavy atom. The lowest BCUT2D eigenvalue weighted by molar-refractivity contribution is 0.385. The highest BCUT2D eigenvalue weighted by atomic mass is 79.9. The fourth-order valence-electron chi connectivity index (χ4n) is 1.45. The summed E-state index contributed by atoms with van der Waals surface area (Å²) in [6.07, 6.45) is 0. The number of nitrogens with zero attached hydrogens (tertiary/aromatic N) is 2. The highest BCUT2D eigenvalue weighted by Crippen LogP contribution is 2.22. The van der Waals surface area contributed by atoms with Gasteiger partial charge in [-0.15, -0.1) is 0 Å². The van der Waals surface area contributed by atoms with Crippen molar-refractivity contribution >= 4 is 15.9 Å². The van der Waals surface area contributed by atoms with E-state index in [0.29, 0.717) is 11.7 Å². The Hall–Kier alpha value is -1.20. The third kappa shape index (κ3) is 2.15. The van der Waals surface area contributed by atoms with Gasteiger partial charge in [-0.3, -0.25) is 0 Å². The highest BCUT2D eigenvalue weighted by molar-refractivity contribution is 9.10. The van der Waals surface area contributed by atoms with Crippen LogP contribution in [0.3, 0.4) is 0 Å². The second-order valence-corrected chi connectivity index (χ2v) is 4.51. The molecule has 0 saturated carbocycles. The van der Waals surface area contributed by atoms with Crippen LogP contribution in [0.5, 0.6) is 0 Å². The lowest BCUT2D eigenvalue weighted by Crippen LogP contribution is -2.13. The summed E-state index contributed by atoms with van der Waals surface area (Å²) in [5.74, 6) is 1.04. The van der Waals surface area contributed by atoms with Crippen LogP contribution < -0.4 is 5.73 Å². The summed E-state index contributed by atoms with van der Waals surface area (Å²) in [5, 5.41) is 3.82. The molecule has 1 aromatic heterocycles. The summed E-state index contributed by atoms with van der Waals surface area (Å²) in [5.41, 5.74) is 8.15. The summed E-state index contributed by atoms with van der Waals surface area (Å²) < 4.78 is 5.97. The molecule has 1 heterocycles. The first-order chi connectivity index (χ1) is 7.58. The van der Waals surface area contributed by atoms with Crippen LogP contribution >= 0.6 is 15.9 Å². The Balaban J connectivity index is 2.33. The normalized spacial score (nSPS) is 12.8. The third-order valence-electron chi connectivity index (χ3n) is 2.36. The van der Waals surface area contributed by atoms with E-state index in [1.54, 1.807) is 6.92 Å². The predicted molar refractivity (Wildman–Crippen MR) is 63.9 cm³/mol. The van der Waals surface area contributed by atoms with Crippen molar-refractivity contribution in [3.05, 3.63) is 45.5 Å². The second kappa shape index (κ2) is 4.35. The van der Waals surface area contributed by atoms with E-state index in [4.69, 9.17) is 10.3 Å². The van der Waals surface area contributed by atoms with Crippen molar-refractivity contribution in [3.63, 3.8) is 0 Å². The molecule has 0 aliphatic carbocycles. The Morgan fingerprint density at radius 1 is 1.38 bits per heavy atom. The molecule has 0 aliphatic rings. The quantitative estimate of drug-likeness (QED) is 0.919. The van der Waals surface area contributed by atoms with E-state index >= 15 is 0 Å². The summed E-state index contributed by atoms with van der Waals surface area (Å²) in [4.78, 5) is 4.12. The molecule has 0 spiro atoms. The Morgan fingerprint density at radius 3 is 2.69 bits per heavy atom. The van der Waals surface area contributed by atoms with Gasteiger partial charge in [-0.1, -0.05) is 33.2 Å². The maximum Gasteiger partial charge on any atom is 0.223 e. The molecule has 0 radical (unpaired) electrons. The molecule has 0 bridgehead atoms. The molecule has 1 aromatic carbocycles. The number of halogens is 1. The number of hydrogen-bond acceptors (Lipinski definition) is 4. The topological polar surface area (TPSA) is 64.9 Å². The zero-order valence-electron chi connectivity index (χ0n) is 9.07. The number of aromatic nitrogens is 2. The van der Waals surface area contributed by atoms with E-state index in [2.05, 4.69) is 26.1 Å².